The zero-order valence-electron chi connectivity index (χ0n) is 15.8. The highest BCUT2D eigenvalue weighted by Gasteiger charge is 2.58. The molecule has 0 aromatic heterocycles. The van der Waals surface area contributed by atoms with Crippen molar-refractivity contribution in [3.63, 3.8) is 0 Å². The minimum absolute atomic E-state index is 0.0104. The van der Waals surface area contributed by atoms with Crippen molar-refractivity contribution in [3.8, 4) is 0 Å². The van der Waals surface area contributed by atoms with Crippen molar-refractivity contribution in [2.45, 2.75) is 13.0 Å². The first kappa shape index (κ1) is 17.8. The summed E-state index contributed by atoms with van der Waals surface area (Å²) in [6.07, 6.45) is 5.22. The van der Waals surface area contributed by atoms with Gasteiger partial charge in [-0.3, -0.25) is 14.5 Å². The zero-order valence-corrected chi connectivity index (χ0v) is 15.8. The van der Waals surface area contributed by atoms with Crippen LogP contribution in [-0.4, -0.2) is 54.8 Å². The summed E-state index contributed by atoms with van der Waals surface area (Å²) in [5.74, 6) is 1.06. The lowest BCUT2D eigenvalue weighted by Gasteiger charge is -2.21. The van der Waals surface area contributed by atoms with Crippen LogP contribution in [0.25, 0.3) is 0 Å². The largest absolute Gasteiger partial charge is 0.354 e. The highest BCUT2D eigenvalue weighted by molar-refractivity contribution is 6.06. The van der Waals surface area contributed by atoms with E-state index >= 15 is 0 Å². The molecule has 2 aliphatic carbocycles. The molecule has 6 nitrogen and oxygen atoms in total. The summed E-state index contributed by atoms with van der Waals surface area (Å²) < 4.78 is 0. The fourth-order valence-corrected chi connectivity index (χ4v) is 4.57. The van der Waals surface area contributed by atoms with E-state index in [1.807, 2.05) is 49.3 Å². The van der Waals surface area contributed by atoms with Gasteiger partial charge in [-0.05, 0) is 23.8 Å². The lowest BCUT2D eigenvalue weighted by atomic mass is 9.85. The standard InChI is InChI=1S/C21H26N4O2/c1-24(2)21(23-13-14-6-4-3-5-7-14)22-10-11-25-19(26)17-15-8-9-16(12-15)18(17)20(25)27/h3-9,15-18H,10-13H2,1-2H3,(H,22,23). The molecule has 2 fully saturated rings. The van der Waals surface area contributed by atoms with Gasteiger partial charge in [-0.15, -0.1) is 0 Å². The molecule has 4 rings (SSSR count). The number of hydrogen-bond acceptors (Lipinski definition) is 3. The molecule has 2 bridgehead atoms. The molecule has 1 N–H and O–H groups in total. The summed E-state index contributed by atoms with van der Waals surface area (Å²) in [7, 11) is 3.85. The van der Waals surface area contributed by atoms with Crippen LogP contribution in [-0.2, 0) is 16.1 Å². The van der Waals surface area contributed by atoms with Gasteiger partial charge >= 0.3 is 0 Å². The van der Waals surface area contributed by atoms with Crippen LogP contribution in [0.5, 0.6) is 0 Å². The average Bonchev–Trinajstić information content (AvgIpc) is 3.34. The van der Waals surface area contributed by atoms with Gasteiger partial charge in [-0.2, -0.15) is 0 Å². The molecule has 4 atom stereocenters. The van der Waals surface area contributed by atoms with E-state index < -0.39 is 0 Å². The monoisotopic (exact) mass is 366 g/mol. The number of likely N-dealkylation sites (tertiary alicyclic amines) is 1. The number of fused-ring (bicyclic) bond motifs is 5. The highest BCUT2D eigenvalue weighted by atomic mass is 16.2. The highest BCUT2D eigenvalue weighted by Crippen LogP contribution is 2.52. The van der Waals surface area contributed by atoms with Crippen molar-refractivity contribution >= 4 is 17.8 Å². The van der Waals surface area contributed by atoms with E-state index in [4.69, 9.17) is 0 Å². The number of carbonyl (C=O) groups excluding carboxylic acids is 2. The number of rotatable bonds is 5. The second-order valence-corrected chi connectivity index (χ2v) is 7.77. The van der Waals surface area contributed by atoms with E-state index in [1.165, 1.54) is 4.90 Å². The van der Waals surface area contributed by atoms with Crippen molar-refractivity contribution < 1.29 is 9.59 Å². The first-order chi connectivity index (χ1) is 13.1. The third-order valence-corrected chi connectivity index (χ3v) is 5.86. The van der Waals surface area contributed by atoms with E-state index in [-0.39, 0.29) is 35.5 Å². The Kier molecular flexibility index (Phi) is 4.72. The summed E-state index contributed by atoms with van der Waals surface area (Å²) in [5, 5.41) is 3.28. The maximum Gasteiger partial charge on any atom is 0.233 e. The zero-order chi connectivity index (χ0) is 19.0. The molecule has 27 heavy (non-hydrogen) atoms. The maximum atomic E-state index is 12.7. The number of nitrogens with zero attached hydrogens (tertiary/aromatic N) is 3. The fourth-order valence-electron chi connectivity index (χ4n) is 4.57. The minimum atomic E-state index is -0.118. The molecule has 0 spiro atoms. The molecular weight excluding hydrogens is 340 g/mol. The molecule has 1 heterocycles. The summed E-state index contributed by atoms with van der Waals surface area (Å²) in [6.45, 7) is 1.48. The summed E-state index contributed by atoms with van der Waals surface area (Å²) in [5.41, 5.74) is 1.14. The SMILES string of the molecule is CN(C)C(=NCc1ccccc1)NCCN1C(=O)C2C3C=CC(C3)C2C1=O. The van der Waals surface area contributed by atoms with Gasteiger partial charge in [-0.25, -0.2) is 4.99 Å². The van der Waals surface area contributed by atoms with Crippen LogP contribution in [0.4, 0.5) is 0 Å². The van der Waals surface area contributed by atoms with Crippen molar-refractivity contribution in [1.29, 1.82) is 0 Å². The molecule has 1 aliphatic heterocycles. The average molecular weight is 366 g/mol. The predicted molar refractivity (Wildman–Crippen MR) is 104 cm³/mol. The molecule has 0 radical (unpaired) electrons. The van der Waals surface area contributed by atoms with Crippen LogP contribution >= 0.6 is 0 Å². The maximum absolute atomic E-state index is 12.7. The number of hydrogen-bond donors (Lipinski definition) is 1. The van der Waals surface area contributed by atoms with Crippen LogP contribution in [0.15, 0.2) is 47.5 Å². The third-order valence-electron chi connectivity index (χ3n) is 5.86. The number of nitrogens with one attached hydrogen (secondary N) is 1. The minimum Gasteiger partial charge on any atom is -0.354 e. The Labute approximate surface area is 159 Å². The molecule has 1 saturated carbocycles. The summed E-state index contributed by atoms with van der Waals surface area (Å²) >= 11 is 0. The number of guanidine groups is 1. The quantitative estimate of drug-likeness (QED) is 0.371. The summed E-state index contributed by atoms with van der Waals surface area (Å²) in [4.78, 5) is 33.4. The topological polar surface area (TPSA) is 65.0 Å². The molecule has 142 valence electrons. The lowest BCUT2D eigenvalue weighted by molar-refractivity contribution is -0.140. The van der Waals surface area contributed by atoms with Crippen molar-refractivity contribution in [1.82, 2.24) is 15.1 Å². The van der Waals surface area contributed by atoms with E-state index in [0.29, 0.717) is 19.6 Å². The molecule has 4 unspecified atom stereocenters. The molecule has 1 saturated heterocycles. The van der Waals surface area contributed by atoms with E-state index in [1.54, 1.807) is 0 Å². The normalized spacial score (nSPS) is 28.8. The third kappa shape index (κ3) is 3.24. The predicted octanol–water partition coefficient (Wildman–Crippen LogP) is 1.50. The summed E-state index contributed by atoms with van der Waals surface area (Å²) in [6, 6.07) is 10.1. The van der Waals surface area contributed by atoms with Gasteiger partial charge in [0.2, 0.25) is 11.8 Å². The van der Waals surface area contributed by atoms with Gasteiger partial charge in [0.15, 0.2) is 5.96 Å². The molecule has 1 aromatic carbocycles. The Morgan fingerprint density at radius 1 is 1.11 bits per heavy atom. The first-order valence-electron chi connectivity index (χ1n) is 9.59. The second-order valence-electron chi connectivity index (χ2n) is 7.77. The van der Waals surface area contributed by atoms with Crippen LogP contribution in [0.2, 0.25) is 0 Å². The van der Waals surface area contributed by atoms with Crippen molar-refractivity contribution in [2.24, 2.45) is 28.7 Å². The van der Waals surface area contributed by atoms with Gasteiger partial charge in [0.25, 0.3) is 0 Å². The Morgan fingerprint density at radius 2 is 1.74 bits per heavy atom. The number of aliphatic imine (C=N–C) groups is 1. The second kappa shape index (κ2) is 7.18. The van der Waals surface area contributed by atoms with E-state index in [0.717, 1.165) is 17.9 Å². The molecule has 2 amide bonds. The lowest BCUT2D eigenvalue weighted by Crippen LogP contribution is -2.43. The van der Waals surface area contributed by atoms with E-state index in [2.05, 4.69) is 22.5 Å². The molecular formula is C21H26N4O2. The van der Waals surface area contributed by atoms with Crippen molar-refractivity contribution in [2.75, 3.05) is 27.2 Å². The van der Waals surface area contributed by atoms with Crippen LogP contribution < -0.4 is 5.32 Å². The van der Waals surface area contributed by atoms with Crippen LogP contribution in [0, 0.1) is 23.7 Å². The number of imide groups is 1. The Morgan fingerprint density at radius 3 is 2.33 bits per heavy atom. The number of amides is 2. The van der Waals surface area contributed by atoms with Gasteiger partial charge < -0.3 is 10.2 Å². The molecule has 1 aromatic rings. The molecule has 3 aliphatic rings. The number of benzene rings is 1. The van der Waals surface area contributed by atoms with Gasteiger partial charge in [0, 0.05) is 27.2 Å². The van der Waals surface area contributed by atoms with Gasteiger partial charge in [-0.1, -0.05) is 42.5 Å². The van der Waals surface area contributed by atoms with Gasteiger partial charge in [0.1, 0.15) is 0 Å². The van der Waals surface area contributed by atoms with Crippen molar-refractivity contribution in [3.05, 3.63) is 48.0 Å². The van der Waals surface area contributed by atoms with Crippen LogP contribution in [0.1, 0.15) is 12.0 Å². The fraction of sp³-hybridized carbons (Fsp3) is 0.476. The molecule has 6 heteroatoms. The Balaban J connectivity index is 1.34. The van der Waals surface area contributed by atoms with Crippen LogP contribution in [0.3, 0.4) is 0 Å². The van der Waals surface area contributed by atoms with Gasteiger partial charge in [0.05, 0.1) is 18.4 Å². The smallest absolute Gasteiger partial charge is 0.233 e. The van der Waals surface area contributed by atoms with E-state index in [9.17, 15) is 9.59 Å². The number of carbonyl (C=O) groups is 2. The Bertz CT molecular complexity index is 757. The number of allylic oxidation sites excluding steroid dienone is 2. The Hall–Kier alpha value is -2.63. The first-order valence-corrected chi connectivity index (χ1v) is 9.59.